The van der Waals surface area contributed by atoms with Gasteiger partial charge in [0.25, 0.3) is 0 Å². The van der Waals surface area contributed by atoms with Crippen LogP contribution in [-0.4, -0.2) is 55.9 Å². The molecule has 1 aliphatic heterocycles. The molecule has 8 nitrogen and oxygen atoms in total. The predicted molar refractivity (Wildman–Crippen MR) is 133 cm³/mol. The van der Waals surface area contributed by atoms with Crippen LogP contribution in [0.4, 0.5) is 10.6 Å². The normalized spacial score (nSPS) is 18.5. The number of aryl methyl sites for hydroxylation is 1. The molecule has 3 aromatic heterocycles. The lowest BCUT2D eigenvalue weighted by Crippen LogP contribution is -2.42. The van der Waals surface area contributed by atoms with Crippen LogP contribution in [0.2, 0.25) is 0 Å². The fourth-order valence-corrected chi connectivity index (χ4v) is 4.62. The number of nitrogens with zero attached hydrogens (tertiary/aromatic N) is 5. The molecule has 0 radical (unpaired) electrons. The number of carbonyl (C=O) groups is 1. The number of urea groups is 1. The van der Waals surface area contributed by atoms with E-state index in [1.807, 2.05) is 35.9 Å². The summed E-state index contributed by atoms with van der Waals surface area (Å²) in [5.74, 6) is 0.734. The van der Waals surface area contributed by atoms with Gasteiger partial charge in [-0.05, 0) is 44.5 Å². The molecule has 4 heterocycles. The van der Waals surface area contributed by atoms with E-state index in [2.05, 4.69) is 68.7 Å². The van der Waals surface area contributed by atoms with Gasteiger partial charge in [0, 0.05) is 42.3 Å². The molecule has 174 valence electrons. The molecule has 0 aliphatic carbocycles. The van der Waals surface area contributed by atoms with E-state index >= 15 is 0 Å². The van der Waals surface area contributed by atoms with E-state index < -0.39 is 0 Å². The minimum atomic E-state index is -0.250. The first-order valence-electron chi connectivity index (χ1n) is 11.6. The topological polar surface area (TPSA) is 88.0 Å². The van der Waals surface area contributed by atoms with Crippen LogP contribution in [0.5, 0.6) is 0 Å². The van der Waals surface area contributed by atoms with Gasteiger partial charge < -0.3 is 5.32 Å². The average Bonchev–Trinajstić information content (AvgIpc) is 3.44. The SMILES string of the molecule is Cc1cc(-n2ncc3cc(NC(=O)N[C@@H]4CN(C(C)C)C[C@H]4c4ccccc4)ncc32)ccn1. The van der Waals surface area contributed by atoms with Gasteiger partial charge in [-0.25, -0.2) is 14.5 Å². The second-order valence-corrected chi connectivity index (χ2v) is 9.11. The Morgan fingerprint density at radius 2 is 1.88 bits per heavy atom. The molecule has 5 rings (SSSR count). The largest absolute Gasteiger partial charge is 0.333 e. The van der Waals surface area contributed by atoms with Crippen molar-refractivity contribution in [2.45, 2.75) is 38.8 Å². The van der Waals surface area contributed by atoms with Gasteiger partial charge in [0.05, 0.1) is 29.6 Å². The molecule has 2 atom stereocenters. The van der Waals surface area contributed by atoms with Gasteiger partial charge in [0.1, 0.15) is 5.82 Å². The quantitative estimate of drug-likeness (QED) is 0.473. The molecule has 0 spiro atoms. The van der Waals surface area contributed by atoms with Crippen molar-refractivity contribution in [3.05, 3.63) is 78.4 Å². The number of nitrogens with one attached hydrogen (secondary N) is 2. The van der Waals surface area contributed by atoms with Crippen molar-refractivity contribution in [2.75, 3.05) is 18.4 Å². The van der Waals surface area contributed by atoms with Gasteiger partial charge >= 0.3 is 6.03 Å². The summed E-state index contributed by atoms with van der Waals surface area (Å²) in [4.78, 5) is 24.0. The Kier molecular flexibility index (Phi) is 5.98. The Labute approximate surface area is 199 Å². The van der Waals surface area contributed by atoms with Crippen molar-refractivity contribution in [3.63, 3.8) is 0 Å². The summed E-state index contributed by atoms with van der Waals surface area (Å²) in [6.07, 6.45) is 5.27. The monoisotopic (exact) mass is 455 g/mol. The summed E-state index contributed by atoms with van der Waals surface area (Å²) < 4.78 is 1.82. The predicted octanol–water partition coefficient (Wildman–Crippen LogP) is 4.12. The first-order chi connectivity index (χ1) is 16.5. The summed E-state index contributed by atoms with van der Waals surface area (Å²) in [5, 5.41) is 11.5. The van der Waals surface area contributed by atoms with E-state index in [9.17, 15) is 4.79 Å². The van der Waals surface area contributed by atoms with Crippen LogP contribution in [0.3, 0.4) is 0 Å². The standard InChI is InChI=1S/C26H29N7O/c1-17(2)32-15-22(19-7-5-4-6-8-19)23(16-32)30-26(34)31-25-12-20-13-29-33(24(20)14-28-25)21-9-10-27-18(3)11-21/h4-14,17,22-23H,15-16H2,1-3H3,(H2,28,30,31,34)/t22-,23+/m0/s1. The van der Waals surface area contributed by atoms with Gasteiger partial charge in [-0.15, -0.1) is 0 Å². The number of fused-ring (bicyclic) bond motifs is 1. The average molecular weight is 456 g/mol. The lowest BCUT2D eigenvalue weighted by molar-refractivity contribution is 0.243. The Morgan fingerprint density at radius 3 is 2.65 bits per heavy atom. The maximum Gasteiger partial charge on any atom is 0.320 e. The summed E-state index contributed by atoms with van der Waals surface area (Å²) in [6, 6.07) is 16.3. The molecule has 1 aliphatic rings. The number of pyridine rings is 2. The number of anilines is 1. The van der Waals surface area contributed by atoms with E-state index in [-0.39, 0.29) is 18.0 Å². The third-order valence-corrected chi connectivity index (χ3v) is 6.44. The van der Waals surface area contributed by atoms with Gasteiger partial charge in [-0.1, -0.05) is 30.3 Å². The van der Waals surface area contributed by atoms with Gasteiger partial charge in [0.2, 0.25) is 0 Å². The van der Waals surface area contributed by atoms with E-state index in [1.54, 1.807) is 18.6 Å². The Morgan fingerprint density at radius 1 is 1.06 bits per heavy atom. The Hall–Kier alpha value is -3.78. The summed E-state index contributed by atoms with van der Waals surface area (Å²) >= 11 is 0. The minimum absolute atomic E-state index is 0.0196. The molecule has 1 saturated heterocycles. The van der Waals surface area contributed by atoms with Crippen LogP contribution in [0.15, 0.2) is 67.1 Å². The van der Waals surface area contributed by atoms with Crippen molar-refractivity contribution in [1.29, 1.82) is 0 Å². The van der Waals surface area contributed by atoms with Crippen LogP contribution in [0.25, 0.3) is 16.6 Å². The highest BCUT2D eigenvalue weighted by molar-refractivity contribution is 5.91. The van der Waals surface area contributed by atoms with Crippen LogP contribution in [0.1, 0.15) is 31.0 Å². The number of hydrogen-bond acceptors (Lipinski definition) is 5. The van der Waals surface area contributed by atoms with Crippen molar-refractivity contribution in [1.82, 2.24) is 30.0 Å². The lowest BCUT2D eigenvalue weighted by Gasteiger charge is -2.20. The number of hydrogen-bond donors (Lipinski definition) is 2. The molecule has 1 fully saturated rings. The van der Waals surface area contributed by atoms with Crippen LogP contribution < -0.4 is 10.6 Å². The summed E-state index contributed by atoms with van der Waals surface area (Å²) in [6.45, 7) is 8.06. The van der Waals surface area contributed by atoms with Crippen LogP contribution >= 0.6 is 0 Å². The number of aromatic nitrogens is 4. The lowest BCUT2D eigenvalue weighted by atomic mass is 9.94. The van der Waals surface area contributed by atoms with E-state index in [1.165, 1.54) is 5.56 Å². The fourth-order valence-electron chi connectivity index (χ4n) is 4.62. The third-order valence-electron chi connectivity index (χ3n) is 6.44. The highest BCUT2D eigenvalue weighted by Crippen LogP contribution is 2.29. The molecular formula is C26H29N7O. The maximum atomic E-state index is 12.9. The van der Waals surface area contributed by atoms with Gasteiger partial charge in [0.15, 0.2) is 0 Å². The summed E-state index contributed by atoms with van der Waals surface area (Å²) in [7, 11) is 0. The smallest absolute Gasteiger partial charge is 0.320 e. The zero-order valence-electron chi connectivity index (χ0n) is 19.6. The molecule has 1 aromatic carbocycles. The van der Waals surface area contributed by atoms with E-state index in [0.29, 0.717) is 11.9 Å². The minimum Gasteiger partial charge on any atom is -0.333 e. The zero-order chi connectivity index (χ0) is 23.7. The zero-order valence-corrected chi connectivity index (χ0v) is 19.6. The molecule has 34 heavy (non-hydrogen) atoms. The molecule has 0 bridgehead atoms. The van der Waals surface area contributed by atoms with Crippen molar-refractivity contribution in [3.8, 4) is 5.69 Å². The molecule has 2 N–H and O–H groups in total. The van der Waals surface area contributed by atoms with Crippen LogP contribution in [-0.2, 0) is 0 Å². The Bertz CT molecular complexity index is 1300. The molecule has 4 aromatic rings. The number of carbonyl (C=O) groups excluding carboxylic acids is 1. The highest BCUT2D eigenvalue weighted by Gasteiger charge is 2.35. The van der Waals surface area contributed by atoms with Crippen LogP contribution in [0, 0.1) is 6.92 Å². The molecule has 0 unspecified atom stereocenters. The van der Waals surface area contributed by atoms with Crippen molar-refractivity contribution < 1.29 is 4.79 Å². The fraction of sp³-hybridized carbons (Fsp3) is 0.308. The number of benzene rings is 1. The molecular weight excluding hydrogens is 426 g/mol. The number of amides is 2. The van der Waals surface area contributed by atoms with E-state index in [4.69, 9.17) is 0 Å². The van der Waals surface area contributed by atoms with Crippen molar-refractivity contribution in [2.24, 2.45) is 0 Å². The molecule has 0 saturated carbocycles. The number of rotatable bonds is 5. The third kappa shape index (κ3) is 4.49. The highest BCUT2D eigenvalue weighted by atomic mass is 16.2. The first-order valence-corrected chi connectivity index (χ1v) is 11.6. The second-order valence-electron chi connectivity index (χ2n) is 9.11. The Balaban J connectivity index is 1.31. The molecule has 2 amide bonds. The summed E-state index contributed by atoms with van der Waals surface area (Å²) in [5.41, 5.74) is 3.95. The van der Waals surface area contributed by atoms with Gasteiger partial charge in [-0.3, -0.25) is 15.2 Å². The van der Waals surface area contributed by atoms with E-state index in [0.717, 1.165) is 35.4 Å². The first kappa shape index (κ1) is 22.0. The van der Waals surface area contributed by atoms with Gasteiger partial charge in [-0.2, -0.15) is 5.10 Å². The number of likely N-dealkylation sites (tertiary alicyclic amines) is 1. The maximum absolute atomic E-state index is 12.9. The van der Waals surface area contributed by atoms with Crippen molar-refractivity contribution >= 4 is 22.8 Å². The second kappa shape index (κ2) is 9.23. The molecule has 8 heteroatoms.